The van der Waals surface area contributed by atoms with Gasteiger partial charge < -0.3 is 4.52 Å². The van der Waals surface area contributed by atoms with E-state index in [-0.39, 0.29) is 36.4 Å². The lowest BCUT2D eigenvalue weighted by Gasteiger charge is -2.39. The Morgan fingerprint density at radius 1 is 0.577 bits per heavy atom. The van der Waals surface area contributed by atoms with Crippen LogP contribution in [-0.4, -0.2) is 23.9 Å². The van der Waals surface area contributed by atoms with Gasteiger partial charge in [0, 0.05) is 16.7 Å². The van der Waals surface area contributed by atoms with Crippen LogP contribution < -0.4 is 15.9 Å². The standard InChI is InChI=1S/C36H33F12NOP2/c1-4-5-16-51(29-14-10-7-11-15-29)49(3)23(2)32(24-12-8-6-9-13-24)50-52(30-19-25(33(37,38)39)17-26(20-30)34(40,41)42)31-21-27(35(43,44)45)18-28(22-31)36(46,47)48/h6-15,17-23,32H,4-5,16H2,1-3H3/t23-,32-,51?/m0/s1. The third kappa shape index (κ3) is 10.5. The zero-order valence-electron chi connectivity index (χ0n) is 27.8. The van der Waals surface area contributed by atoms with Crippen LogP contribution in [0, 0.1) is 0 Å². The van der Waals surface area contributed by atoms with Gasteiger partial charge in [0.1, 0.15) is 6.10 Å². The molecule has 0 aliphatic heterocycles. The van der Waals surface area contributed by atoms with Crippen molar-refractivity contribution in [3.8, 4) is 0 Å². The quantitative estimate of drug-likeness (QED) is 0.105. The fourth-order valence-electron chi connectivity index (χ4n) is 5.36. The van der Waals surface area contributed by atoms with Crippen molar-refractivity contribution in [3.05, 3.63) is 125 Å². The first-order valence-corrected chi connectivity index (χ1v) is 18.5. The summed E-state index contributed by atoms with van der Waals surface area (Å²) in [6.07, 6.45) is -20.4. The van der Waals surface area contributed by atoms with Crippen LogP contribution in [0.2, 0.25) is 0 Å². The monoisotopic (exact) mass is 785 g/mol. The van der Waals surface area contributed by atoms with Crippen molar-refractivity contribution in [1.82, 2.24) is 4.67 Å². The Labute approximate surface area is 295 Å². The van der Waals surface area contributed by atoms with E-state index in [0.717, 1.165) is 18.1 Å². The summed E-state index contributed by atoms with van der Waals surface area (Å²) in [7, 11) is -2.62. The minimum absolute atomic E-state index is 0.170. The van der Waals surface area contributed by atoms with Crippen LogP contribution in [0.25, 0.3) is 0 Å². The molecule has 52 heavy (non-hydrogen) atoms. The first-order valence-electron chi connectivity index (χ1n) is 15.8. The van der Waals surface area contributed by atoms with Crippen molar-refractivity contribution < 1.29 is 57.2 Å². The lowest BCUT2D eigenvalue weighted by atomic mass is 10.0. The summed E-state index contributed by atoms with van der Waals surface area (Å²) < 4.78 is 177. The molecule has 0 saturated carbocycles. The highest BCUT2D eigenvalue weighted by atomic mass is 31.1. The number of hydrogen-bond donors (Lipinski definition) is 0. The molecule has 0 aromatic heterocycles. The molecule has 3 atom stereocenters. The van der Waals surface area contributed by atoms with Crippen molar-refractivity contribution in [3.63, 3.8) is 0 Å². The van der Waals surface area contributed by atoms with Crippen LogP contribution in [0.5, 0.6) is 0 Å². The molecular weight excluding hydrogens is 752 g/mol. The Balaban J connectivity index is 2.01. The molecule has 16 heteroatoms. The maximum absolute atomic E-state index is 14.1. The van der Waals surface area contributed by atoms with Crippen LogP contribution in [0.3, 0.4) is 0 Å². The molecule has 0 amide bonds. The third-order valence-electron chi connectivity index (χ3n) is 8.15. The van der Waals surface area contributed by atoms with Gasteiger partial charge >= 0.3 is 24.7 Å². The maximum atomic E-state index is 14.1. The Bertz CT molecular complexity index is 1620. The molecule has 0 bridgehead atoms. The number of unbranched alkanes of at least 4 members (excludes halogenated alkanes) is 1. The SMILES string of the molecule is CCCCP(c1ccccc1)N(C)[C@@H](C)[C@H](OP(c1cc(C(F)(F)F)cc(C(F)(F)F)c1)c1cc(C(F)(F)F)cc(C(F)(F)F)c1)c1ccccc1. The zero-order chi connectivity index (χ0) is 38.6. The largest absolute Gasteiger partial charge is 0.416 e. The van der Waals surface area contributed by atoms with Crippen LogP contribution in [0.1, 0.15) is 60.6 Å². The van der Waals surface area contributed by atoms with Gasteiger partial charge in [-0.05, 0) is 81.9 Å². The van der Waals surface area contributed by atoms with Gasteiger partial charge in [-0.15, -0.1) is 0 Å². The Morgan fingerprint density at radius 2 is 0.962 bits per heavy atom. The molecule has 0 heterocycles. The maximum Gasteiger partial charge on any atom is 0.416 e. The Morgan fingerprint density at radius 3 is 1.33 bits per heavy atom. The van der Waals surface area contributed by atoms with E-state index in [4.69, 9.17) is 4.52 Å². The molecule has 0 aliphatic rings. The van der Waals surface area contributed by atoms with Crippen molar-refractivity contribution >= 4 is 32.1 Å². The topological polar surface area (TPSA) is 12.5 Å². The number of rotatable bonds is 12. The highest BCUT2D eigenvalue weighted by molar-refractivity contribution is 7.68. The van der Waals surface area contributed by atoms with Gasteiger partial charge in [0.05, 0.1) is 30.4 Å². The van der Waals surface area contributed by atoms with Gasteiger partial charge in [0.25, 0.3) is 0 Å². The molecule has 0 saturated heterocycles. The van der Waals surface area contributed by atoms with Crippen molar-refractivity contribution in [2.75, 3.05) is 13.2 Å². The van der Waals surface area contributed by atoms with E-state index in [2.05, 4.69) is 0 Å². The van der Waals surface area contributed by atoms with E-state index in [1.54, 1.807) is 44.3 Å². The summed E-state index contributed by atoms with van der Waals surface area (Å²) in [6, 6.07) is 17.2. The van der Waals surface area contributed by atoms with Crippen LogP contribution in [-0.2, 0) is 29.2 Å². The molecule has 0 N–H and O–H groups in total. The second-order valence-electron chi connectivity index (χ2n) is 11.9. The molecular formula is C36H33F12NOP2. The number of hydrogen-bond acceptors (Lipinski definition) is 2. The summed E-state index contributed by atoms with van der Waals surface area (Å²) in [4.78, 5) is 0. The Kier molecular flexibility index (Phi) is 13.2. The lowest BCUT2D eigenvalue weighted by Crippen LogP contribution is -2.35. The van der Waals surface area contributed by atoms with Gasteiger partial charge in [-0.25, -0.2) is 0 Å². The second-order valence-corrected chi connectivity index (χ2v) is 16.1. The van der Waals surface area contributed by atoms with Gasteiger partial charge in [0.2, 0.25) is 0 Å². The molecule has 282 valence electrons. The molecule has 0 aliphatic carbocycles. The molecule has 0 radical (unpaired) electrons. The molecule has 1 unspecified atom stereocenters. The number of nitrogens with zero attached hydrogens (tertiary/aromatic N) is 1. The van der Waals surface area contributed by atoms with E-state index in [0.29, 0.717) is 11.7 Å². The summed E-state index contributed by atoms with van der Waals surface area (Å²) in [5, 5.41) is -0.817. The smallest absolute Gasteiger partial charge is 0.340 e. The summed E-state index contributed by atoms with van der Waals surface area (Å²) in [5.41, 5.74) is -6.86. The predicted molar refractivity (Wildman–Crippen MR) is 179 cm³/mol. The van der Waals surface area contributed by atoms with E-state index in [1.165, 1.54) is 0 Å². The van der Waals surface area contributed by atoms with Gasteiger partial charge in [0.15, 0.2) is 0 Å². The summed E-state index contributed by atoms with van der Waals surface area (Å²) in [5.74, 6) is 0. The minimum Gasteiger partial charge on any atom is -0.340 e. The van der Waals surface area contributed by atoms with E-state index < -0.39 is 85.9 Å². The predicted octanol–water partition coefficient (Wildman–Crippen LogP) is 11.7. The third-order valence-corrected chi connectivity index (χ3v) is 12.8. The molecule has 0 spiro atoms. The fourth-order valence-corrected chi connectivity index (χ4v) is 10.1. The lowest BCUT2D eigenvalue weighted by molar-refractivity contribution is -0.144. The molecule has 4 aromatic carbocycles. The second kappa shape index (κ2) is 16.5. The van der Waals surface area contributed by atoms with Gasteiger partial charge in [-0.2, -0.15) is 52.7 Å². The van der Waals surface area contributed by atoms with E-state index >= 15 is 0 Å². The summed E-state index contributed by atoms with van der Waals surface area (Å²) in [6.45, 7) is 3.66. The van der Waals surface area contributed by atoms with E-state index in [1.807, 2.05) is 41.9 Å². The number of likely N-dealkylation sites (N-methyl/N-ethyl adjacent to an activating group) is 1. The highest BCUT2D eigenvalue weighted by Gasteiger charge is 2.42. The van der Waals surface area contributed by atoms with Crippen molar-refractivity contribution in [2.24, 2.45) is 0 Å². The van der Waals surface area contributed by atoms with Crippen molar-refractivity contribution in [1.29, 1.82) is 0 Å². The Hall–Kier alpha value is -3.18. The average Bonchev–Trinajstić information content (AvgIpc) is 3.07. The number of alkyl halides is 12. The normalized spacial score (nSPS) is 14.9. The van der Waals surface area contributed by atoms with Gasteiger partial charge in [-0.1, -0.05) is 74.0 Å². The molecule has 2 nitrogen and oxygen atoms in total. The molecule has 0 fully saturated rings. The highest BCUT2D eigenvalue weighted by Crippen LogP contribution is 2.50. The summed E-state index contributed by atoms with van der Waals surface area (Å²) >= 11 is 0. The van der Waals surface area contributed by atoms with Crippen LogP contribution in [0.4, 0.5) is 52.7 Å². The van der Waals surface area contributed by atoms with Gasteiger partial charge in [-0.3, -0.25) is 4.67 Å². The molecule has 4 rings (SSSR count). The fraction of sp³-hybridized carbons (Fsp3) is 0.333. The first-order chi connectivity index (χ1) is 24.1. The first kappa shape index (κ1) is 41.6. The van der Waals surface area contributed by atoms with Crippen molar-refractivity contribution in [2.45, 2.75) is 63.5 Å². The zero-order valence-corrected chi connectivity index (χ0v) is 29.6. The average molecular weight is 786 g/mol. The van der Waals surface area contributed by atoms with Crippen LogP contribution >= 0.6 is 16.2 Å². The molecule has 4 aromatic rings. The van der Waals surface area contributed by atoms with Crippen LogP contribution in [0.15, 0.2) is 97.1 Å². The minimum atomic E-state index is -5.36. The van der Waals surface area contributed by atoms with E-state index in [9.17, 15) is 52.7 Å². The number of benzene rings is 4. The number of halogens is 12.